The van der Waals surface area contributed by atoms with Gasteiger partial charge in [-0.3, -0.25) is 10.2 Å². The number of nitrogens with zero attached hydrogens (tertiary/aromatic N) is 1. The van der Waals surface area contributed by atoms with Crippen LogP contribution >= 0.6 is 12.6 Å². The van der Waals surface area contributed by atoms with Crippen LogP contribution in [0, 0.1) is 16.7 Å². The molecule has 0 aliphatic heterocycles. The van der Waals surface area contributed by atoms with Gasteiger partial charge in [0.25, 0.3) is 5.91 Å². The van der Waals surface area contributed by atoms with Crippen molar-refractivity contribution in [3.05, 3.63) is 53.1 Å². The Bertz CT molecular complexity index is 905. The van der Waals surface area contributed by atoms with Crippen molar-refractivity contribution in [1.29, 1.82) is 10.7 Å². The maximum absolute atomic E-state index is 12.2. The fraction of sp³-hybridized carbons (Fsp3) is 0. The van der Waals surface area contributed by atoms with Gasteiger partial charge in [0.15, 0.2) is 0 Å². The van der Waals surface area contributed by atoms with Gasteiger partial charge in [0.2, 0.25) is 0 Å². The Morgan fingerprint density at radius 1 is 1.16 bits per heavy atom. The minimum absolute atomic E-state index is 0. The lowest BCUT2D eigenvalue weighted by Gasteiger charge is -2.11. The van der Waals surface area contributed by atoms with E-state index in [9.17, 15) is 19.8 Å². The van der Waals surface area contributed by atoms with E-state index in [0.29, 0.717) is 4.90 Å². The number of phenols is 1. The number of thiol groups is 1. The Hall–Kier alpha value is -3.35. The number of carbonyl (C=O) groups excluding carboxylic acids is 1. The number of hydrogen-bond acceptors (Lipinski definition) is 7. The smallest absolute Gasteiger partial charge is 0.337 e. The molecule has 2 aromatic rings. The van der Waals surface area contributed by atoms with Crippen molar-refractivity contribution in [2.24, 2.45) is 0 Å². The van der Waals surface area contributed by atoms with Crippen LogP contribution in [0.3, 0.4) is 0 Å². The normalized spacial score (nSPS) is 9.44. The molecule has 2 aromatic carbocycles. The molecule has 0 fully saturated rings. The third-order valence-electron chi connectivity index (χ3n) is 3.10. The summed E-state index contributed by atoms with van der Waals surface area (Å²) in [4.78, 5) is 23.9. The second-order valence-corrected chi connectivity index (χ2v) is 5.22. The summed E-state index contributed by atoms with van der Waals surface area (Å²) in [5.74, 6) is -2.50. The molecule has 0 atom stereocenters. The van der Waals surface area contributed by atoms with Crippen LogP contribution in [0.1, 0.15) is 21.5 Å². The number of amides is 1. The third kappa shape index (κ3) is 4.35. The summed E-state index contributed by atoms with van der Waals surface area (Å²) in [5, 5.41) is 37.9. The van der Waals surface area contributed by atoms with Gasteiger partial charge in [0.05, 0.1) is 22.9 Å². The maximum Gasteiger partial charge on any atom is 0.337 e. The molecule has 0 saturated heterocycles. The van der Waals surface area contributed by atoms with E-state index >= 15 is 0 Å². The van der Waals surface area contributed by atoms with Crippen LogP contribution in [0.25, 0.3) is 0 Å². The summed E-state index contributed by atoms with van der Waals surface area (Å²) >= 11 is 4.08. The zero-order chi connectivity index (χ0) is 17.9. The van der Waals surface area contributed by atoms with Gasteiger partial charge in [0.1, 0.15) is 11.5 Å². The highest BCUT2D eigenvalue weighted by atomic mass is 32.1. The Balaban J connectivity index is 0.00000312. The quantitative estimate of drug-likeness (QED) is 0.362. The first-order chi connectivity index (χ1) is 11.3. The molecule has 2 rings (SSSR count). The van der Waals surface area contributed by atoms with Crippen LogP contribution < -0.4 is 11.5 Å². The van der Waals surface area contributed by atoms with E-state index in [2.05, 4.69) is 17.9 Å². The number of carboxylic acids is 1. The molecule has 0 heterocycles. The molecule has 7 N–H and O–H groups in total. The van der Waals surface area contributed by atoms with Gasteiger partial charge in [0, 0.05) is 10.5 Å². The fourth-order valence-electron chi connectivity index (χ4n) is 1.93. The molecule has 8 nitrogen and oxygen atoms in total. The van der Waals surface area contributed by atoms with E-state index in [4.69, 9.17) is 10.7 Å². The van der Waals surface area contributed by atoms with Crippen molar-refractivity contribution < 1.29 is 19.8 Å². The number of aromatic carboxylic acids is 1. The van der Waals surface area contributed by atoms with Gasteiger partial charge in [-0.25, -0.2) is 4.79 Å². The van der Waals surface area contributed by atoms with Crippen molar-refractivity contribution in [1.82, 2.24) is 6.15 Å². The molecule has 1 amide bonds. The second-order valence-electron chi connectivity index (χ2n) is 4.71. The van der Waals surface area contributed by atoms with Crippen LogP contribution in [0.15, 0.2) is 41.3 Å². The predicted molar refractivity (Wildman–Crippen MR) is 94.0 cm³/mol. The summed E-state index contributed by atoms with van der Waals surface area (Å²) in [7, 11) is 0. The SMILES string of the molecule is N.N#Cc1ccc(NC(=O)C(=N)c2cc(S)ccc2O)c(C(=O)O)c1. The van der Waals surface area contributed by atoms with E-state index in [0.717, 1.165) is 6.07 Å². The van der Waals surface area contributed by atoms with Crippen molar-refractivity contribution in [2.75, 3.05) is 5.32 Å². The molecule has 0 spiro atoms. The number of carboxylic acid groups (broad SMARTS) is 1. The number of rotatable bonds is 4. The standard InChI is InChI=1S/C16H11N3O4S.H3N/c17-7-8-1-3-12(10(5-8)16(22)23)19-15(21)14(18)11-6-9(24)2-4-13(11)20;/h1-6,18,20,24H,(H,19,21)(H,22,23);1H3. The van der Waals surface area contributed by atoms with Gasteiger partial charge >= 0.3 is 5.97 Å². The lowest BCUT2D eigenvalue weighted by atomic mass is 10.1. The van der Waals surface area contributed by atoms with Crippen molar-refractivity contribution in [2.45, 2.75) is 4.90 Å². The summed E-state index contributed by atoms with van der Waals surface area (Å²) in [6.07, 6.45) is 0. The number of aromatic hydroxyl groups is 1. The average Bonchev–Trinajstić information content (AvgIpc) is 2.56. The minimum atomic E-state index is -1.32. The Morgan fingerprint density at radius 3 is 2.44 bits per heavy atom. The Labute approximate surface area is 148 Å². The van der Waals surface area contributed by atoms with Crippen molar-refractivity contribution in [3.63, 3.8) is 0 Å². The van der Waals surface area contributed by atoms with Gasteiger partial charge in [-0.05, 0) is 36.4 Å². The largest absolute Gasteiger partial charge is 0.507 e. The molecular formula is C16H14N4O4S. The van der Waals surface area contributed by atoms with Crippen molar-refractivity contribution >= 4 is 35.9 Å². The zero-order valence-electron chi connectivity index (χ0n) is 12.8. The monoisotopic (exact) mass is 358 g/mol. The van der Waals surface area contributed by atoms with E-state index in [1.807, 2.05) is 0 Å². The molecule has 9 heteroatoms. The number of hydrogen-bond donors (Lipinski definition) is 6. The Kier molecular flexibility index (Phi) is 6.27. The highest BCUT2D eigenvalue weighted by molar-refractivity contribution is 7.80. The van der Waals surface area contributed by atoms with Crippen LogP contribution in [-0.4, -0.2) is 27.8 Å². The first-order valence-corrected chi connectivity index (χ1v) is 6.98. The minimum Gasteiger partial charge on any atom is -0.507 e. The summed E-state index contributed by atoms with van der Waals surface area (Å²) in [6.45, 7) is 0. The summed E-state index contributed by atoms with van der Waals surface area (Å²) < 4.78 is 0. The topological polar surface area (TPSA) is 169 Å². The molecule has 0 aromatic heterocycles. The van der Waals surface area contributed by atoms with E-state index in [1.165, 1.54) is 30.3 Å². The maximum atomic E-state index is 12.2. The summed E-state index contributed by atoms with van der Waals surface area (Å²) in [6, 6.07) is 9.67. The predicted octanol–water partition coefficient (Wildman–Crippen LogP) is 2.42. The van der Waals surface area contributed by atoms with Crippen LogP contribution in [-0.2, 0) is 4.79 Å². The third-order valence-corrected chi connectivity index (χ3v) is 3.38. The number of anilines is 1. The molecule has 0 aliphatic carbocycles. The number of carbonyl (C=O) groups is 2. The highest BCUT2D eigenvalue weighted by Gasteiger charge is 2.19. The molecular weight excluding hydrogens is 344 g/mol. The van der Waals surface area contributed by atoms with E-state index < -0.39 is 17.6 Å². The van der Waals surface area contributed by atoms with Crippen LogP contribution in [0.4, 0.5) is 5.69 Å². The average molecular weight is 358 g/mol. The van der Waals surface area contributed by atoms with Gasteiger partial charge in [-0.2, -0.15) is 5.26 Å². The molecule has 0 aliphatic rings. The molecule has 0 bridgehead atoms. The molecule has 0 saturated carbocycles. The number of nitriles is 1. The fourth-order valence-corrected chi connectivity index (χ4v) is 2.13. The number of nitrogens with one attached hydrogen (secondary N) is 2. The molecule has 128 valence electrons. The first kappa shape index (κ1) is 19.7. The lowest BCUT2D eigenvalue weighted by molar-refractivity contribution is -0.110. The highest BCUT2D eigenvalue weighted by Crippen LogP contribution is 2.22. The van der Waals surface area contributed by atoms with Crippen molar-refractivity contribution in [3.8, 4) is 11.8 Å². The van der Waals surface area contributed by atoms with Crippen LogP contribution in [0.5, 0.6) is 5.75 Å². The van der Waals surface area contributed by atoms with Gasteiger partial charge in [-0.1, -0.05) is 0 Å². The first-order valence-electron chi connectivity index (χ1n) is 6.53. The van der Waals surface area contributed by atoms with Gasteiger partial charge in [-0.15, -0.1) is 12.6 Å². The van der Waals surface area contributed by atoms with E-state index in [-0.39, 0.29) is 34.3 Å². The Morgan fingerprint density at radius 2 is 1.84 bits per heavy atom. The van der Waals surface area contributed by atoms with Crippen LogP contribution in [0.2, 0.25) is 0 Å². The number of benzene rings is 2. The molecule has 0 unspecified atom stereocenters. The van der Waals surface area contributed by atoms with E-state index in [1.54, 1.807) is 6.07 Å². The van der Waals surface area contributed by atoms with Gasteiger partial charge < -0.3 is 21.7 Å². The second kappa shape index (κ2) is 7.96. The zero-order valence-corrected chi connectivity index (χ0v) is 13.7. The molecule has 0 radical (unpaired) electrons. The lowest BCUT2D eigenvalue weighted by Crippen LogP contribution is -2.24. The summed E-state index contributed by atoms with van der Waals surface area (Å²) in [5.41, 5.74) is -0.796. The molecule has 25 heavy (non-hydrogen) atoms. The number of phenolic OH excluding ortho intramolecular Hbond substituents is 1.